The fraction of sp³-hybridized carbons (Fsp3) is 0.579. The van der Waals surface area contributed by atoms with Crippen LogP contribution in [0.1, 0.15) is 42.4 Å². The number of rotatable bonds is 6. The number of nitrogens with one attached hydrogen (secondary N) is 1. The first-order valence-electron chi connectivity index (χ1n) is 9.00. The van der Waals surface area contributed by atoms with Crippen molar-refractivity contribution in [3.63, 3.8) is 0 Å². The van der Waals surface area contributed by atoms with Crippen LogP contribution in [0.4, 0.5) is 0 Å². The molecule has 5 heteroatoms. The van der Waals surface area contributed by atoms with Crippen molar-refractivity contribution in [2.75, 3.05) is 13.1 Å². The third-order valence-corrected chi connectivity index (χ3v) is 6.39. The summed E-state index contributed by atoms with van der Waals surface area (Å²) in [6.45, 7) is 3.15. The highest BCUT2D eigenvalue weighted by Gasteiger charge is 2.36. The molecule has 130 valence electrons. The maximum atomic E-state index is 9.69. The lowest BCUT2D eigenvalue weighted by atomic mass is 9.76. The number of hydrogen-bond acceptors (Lipinski definition) is 5. The fourth-order valence-corrected chi connectivity index (χ4v) is 4.83. The number of nitrogens with zero attached hydrogens (tertiary/aromatic N) is 1. The topological polar surface area (TPSA) is 48.6 Å². The summed E-state index contributed by atoms with van der Waals surface area (Å²) in [5.74, 6) is 1.64. The first kappa shape index (κ1) is 16.3. The predicted molar refractivity (Wildman–Crippen MR) is 95.9 cm³/mol. The highest BCUT2D eigenvalue weighted by atomic mass is 32.1. The van der Waals surface area contributed by atoms with Crippen molar-refractivity contribution in [1.82, 2.24) is 10.2 Å². The standard InChI is InChI=1S/C19H26N2O2S/c22-16-11-14(12-16)19(18-4-2-10-24-18)20-15-5-7-21(8-6-15)13-17-3-1-9-23-17/h1-4,9-10,14-16,19-20,22H,5-8,11-13H2. The Hall–Kier alpha value is -1.14. The molecule has 0 bridgehead atoms. The Bertz CT molecular complexity index is 599. The van der Waals surface area contributed by atoms with E-state index in [4.69, 9.17) is 4.42 Å². The van der Waals surface area contributed by atoms with Crippen molar-refractivity contribution in [3.8, 4) is 0 Å². The minimum absolute atomic E-state index is 0.0885. The van der Waals surface area contributed by atoms with E-state index >= 15 is 0 Å². The molecule has 0 spiro atoms. The fourth-order valence-electron chi connectivity index (χ4n) is 3.96. The van der Waals surface area contributed by atoms with E-state index in [1.54, 1.807) is 6.26 Å². The van der Waals surface area contributed by atoms with Crippen molar-refractivity contribution in [1.29, 1.82) is 0 Å². The molecule has 2 N–H and O–H groups in total. The van der Waals surface area contributed by atoms with Crippen molar-refractivity contribution in [3.05, 3.63) is 46.5 Å². The van der Waals surface area contributed by atoms with E-state index in [-0.39, 0.29) is 6.10 Å². The summed E-state index contributed by atoms with van der Waals surface area (Å²) >= 11 is 1.83. The highest BCUT2D eigenvalue weighted by Crippen LogP contribution is 2.40. The van der Waals surface area contributed by atoms with Gasteiger partial charge >= 0.3 is 0 Å². The largest absolute Gasteiger partial charge is 0.468 e. The van der Waals surface area contributed by atoms with Gasteiger partial charge in [-0.15, -0.1) is 11.3 Å². The first-order chi connectivity index (χ1) is 11.8. The zero-order valence-electron chi connectivity index (χ0n) is 13.9. The molecule has 1 unspecified atom stereocenters. The number of thiophene rings is 1. The molecule has 4 rings (SSSR count). The monoisotopic (exact) mass is 346 g/mol. The average Bonchev–Trinajstić information content (AvgIpc) is 3.25. The molecule has 0 aromatic carbocycles. The van der Waals surface area contributed by atoms with Gasteiger partial charge < -0.3 is 14.8 Å². The molecule has 0 amide bonds. The minimum Gasteiger partial charge on any atom is -0.468 e. The number of aliphatic hydroxyl groups excluding tert-OH is 1. The SMILES string of the molecule is OC1CC(C(NC2CCN(Cc3ccco3)CC2)c2cccs2)C1. The lowest BCUT2D eigenvalue weighted by Crippen LogP contribution is -2.47. The first-order valence-corrected chi connectivity index (χ1v) is 9.88. The zero-order valence-corrected chi connectivity index (χ0v) is 14.8. The lowest BCUT2D eigenvalue weighted by molar-refractivity contribution is 0.0202. The van der Waals surface area contributed by atoms with Crippen molar-refractivity contribution < 1.29 is 9.52 Å². The predicted octanol–water partition coefficient (Wildman–Crippen LogP) is 3.41. The maximum Gasteiger partial charge on any atom is 0.117 e. The van der Waals surface area contributed by atoms with Gasteiger partial charge in [-0.25, -0.2) is 0 Å². The number of hydrogen-bond donors (Lipinski definition) is 2. The van der Waals surface area contributed by atoms with Crippen LogP contribution < -0.4 is 5.32 Å². The van der Waals surface area contributed by atoms with E-state index in [0.29, 0.717) is 18.0 Å². The molecule has 1 atom stereocenters. The molecule has 1 aliphatic carbocycles. The van der Waals surface area contributed by atoms with Crippen LogP contribution in [0, 0.1) is 5.92 Å². The molecule has 2 aromatic rings. The molecule has 2 aromatic heterocycles. The zero-order chi connectivity index (χ0) is 16.4. The van der Waals surface area contributed by atoms with Crippen molar-refractivity contribution >= 4 is 11.3 Å². The average molecular weight is 346 g/mol. The van der Waals surface area contributed by atoms with Gasteiger partial charge in [0.15, 0.2) is 0 Å². The van der Waals surface area contributed by atoms with Gasteiger partial charge in [-0.1, -0.05) is 6.07 Å². The quantitative estimate of drug-likeness (QED) is 0.842. The normalized spacial score (nSPS) is 27.0. The molecular formula is C19H26N2O2S. The Balaban J connectivity index is 1.31. The molecule has 4 nitrogen and oxygen atoms in total. The summed E-state index contributed by atoms with van der Waals surface area (Å²) in [5, 5.41) is 15.8. The molecule has 1 aliphatic heterocycles. The van der Waals surface area contributed by atoms with Crippen LogP contribution in [0.3, 0.4) is 0 Å². The van der Waals surface area contributed by atoms with Gasteiger partial charge in [-0.3, -0.25) is 4.90 Å². The smallest absolute Gasteiger partial charge is 0.117 e. The van der Waals surface area contributed by atoms with Gasteiger partial charge in [-0.05, 0) is 55.2 Å². The number of piperidine rings is 1. The summed E-state index contributed by atoms with van der Waals surface area (Å²) < 4.78 is 5.46. The third kappa shape index (κ3) is 3.75. The molecule has 1 saturated carbocycles. The van der Waals surface area contributed by atoms with Crippen LogP contribution >= 0.6 is 11.3 Å². The van der Waals surface area contributed by atoms with Gasteiger partial charge in [0.2, 0.25) is 0 Å². The molecule has 1 saturated heterocycles. The van der Waals surface area contributed by atoms with Gasteiger partial charge in [0.1, 0.15) is 5.76 Å². The van der Waals surface area contributed by atoms with Crippen LogP contribution in [-0.2, 0) is 6.54 Å². The van der Waals surface area contributed by atoms with Crippen LogP contribution in [0.5, 0.6) is 0 Å². The van der Waals surface area contributed by atoms with Crippen LogP contribution in [0.2, 0.25) is 0 Å². The molecular weight excluding hydrogens is 320 g/mol. The van der Waals surface area contributed by atoms with Gasteiger partial charge in [0.25, 0.3) is 0 Å². The van der Waals surface area contributed by atoms with Crippen LogP contribution in [0.25, 0.3) is 0 Å². The Morgan fingerprint density at radius 2 is 2.08 bits per heavy atom. The number of aliphatic hydroxyl groups is 1. The Morgan fingerprint density at radius 3 is 2.71 bits per heavy atom. The van der Waals surface area contributed by atoms with Crippen LogP contribution in [0.15, 0.2) is 40.3 Å². The lowest BCUT2D eigenvalue weighted by Gasteiger charge is -2.41. The second-order valence-electron chi connectivity index (χ2n) is 7.17. The van der Waals surface area contributed by atoms with E-state index in [1.165, 1.54) is 17.7 Å². The maximum absolute atomic E-state index is 9.69. The van der Waals surface area contributed by atoms with Crippen molar-refractivity contribution in [2.24, 2.45) is 5.92 Å². The van der Waals surface area contributed by atoms with E-state index in [2.05, 4.69) is 33.8 Å². The second-order valence-corrected chi connectivity index (χ2v) is 8.15. The Kier molecular flexibility index (Phi) is 5.03. The van der Waals surface area contributed by atoms with E-state index in [1.807, 2.05) is 17.4 Å². The van der Waals surface area contributed by atoms with Gasteiger partial charge in [0, 0.05) is 30.1 Å². The van der Waals surface area contributed by atoms with Crippen molar-refractivity contribution in [2.45, 2.75) is 50.4 Å². The minimum atomic E-state index is -0.0885. The Morgan fingerprint density at radius 1 is 1.25 bits per heavy atom. The second kappa shape index (κ2) is 7.40. The highest BCUT2D eigenvalue weighted by molar-refractivity contribution is 7.10. The number of furan rings is 1. The third-order valence-electron chi connectivity index (χ3n) is 5.43. The van der Waals surface area contributed by atoms with E-state index in [9.17, 15) is 5.11 Å². The summed E-state index contributed by atoms with van der Waals surface area (Å²) in [4.78, 5) is 3.90. The van der Waals surface area contributed by atoms with E-state index in [0.717, 1.165) is 38.2 Å². The summed E-state index contributed by atoms with van der Waals surface area (Å²) in [5.41, 5.74) is 0. The molecule has 2 aliphatic rings. The molecule has 0 radical (unpaired) electrons. The summed E-state index contributed by atoms with van der Waals surface area (Å²) in [6, 6.07) is 9.37. The van der Waals surface area contributed by atoms with Crippen LogP contribution in [-0.4, -0.2) is 35.2 Å². The summed E-state index contributed by atoms with van der Waals surface area (Å²) in [7, 11) is 0. The Labute approximate surface area is 147 Å². The molecule has 3 heterocycles. The van der Waals surface area contributed by atoms with Gasteiger partial charge in [-0.2, -0.15) is 0 Å². The molecule has 24 heavy (non-hydrogen) atoms. The summed E-state index contributed by atoms with van der Waals surface area (Å²) in [6.07, 6.45) is 5.90. The van der Waals surface area contributed by atoms with Gasteiger partial charge in [0.05, 0.1) is 18.9 Å². The molecule has 2 fully saturated rings. The number of likely N-dealkylation sites (tertiary alicyclic amines) is 1. The van der Waals surface area contributed by atoms with E-state index < -0.39 is 0 Å².